The number of para-hydroxylation sites is 1. The average Bonchev–Trinajstić information content (AvgIpc) is 2.63. The summed E-state index contributed by atoms with van der Waals surface area (Å²) in [5.41, 5.74) is 7.46. The molecule has 1 fully saturated rings. The van der Waals surface area contributed by atoms with E-state index in [9.17, 15) is 9.59 Å². The molecule has 5 heteroatoms. The normalized spacial score (nSPS) is 17.8. The minimum Gasteiger partial charge on any atom is -0.366 e. The maximum Gasteiger partial charge on any atom is 0.250 e. The minimum atomic E-state index is -0.537. The van der Waals surface area contributed by atoms with Crippen molar-refractivity contribution in [3.8, 4) is 0 Å². The van der Waals surface area contributed by atoms with Gasteiger partial charge in [-0.3, -0.25) is 14.5 Å². The lowest BCUT2D eigenvalue weighted by molar-refractivity contribution is -0.121. The molecule has 1 unspecified atom stereocenters. The van der Waals surface area contributed by atoms with Gasteiger partial charge in [0.05, 0.1) is 17.2 Å². The van der Waals surface area contributed by atoms with E-state index in [1.165, 1.54) is 5.56 Å². The first-order valence-electron chi connectivity index (χ1n) is 8.59. The molecule has 1 aliphatic rings. The third-order valence-electron chi connectivity index (χ3n) is 4.58. The van der Waals surface area contributed by atoms with Gasteiger partial charge in [-0.1, -0.05) is 42.5 Å². The Balaban J connectivity index is 1.63. The van der Waals surface area contributed by atoms with Crippen molar-refractivity contribution in [3.63, 3.8) is 0 Å². The number of piperidine rings is 1. The highest BCUT2D eigenvalue weighted by molar-refractivity contribution is 6.03. The average molecular weight is 337 g/mol. The van der Waals surface area contributed by atoms with Crippen LogP contribution in [0.4, 0.5) is 5.69 Å². The molecule has 0 radical (unpaired) electrons. The lowest BCUT2D eigenvalue weighted by Crippen LogP contribution is -2.40. The van der Waals surface area contributed by atoms with Crippen LogP contribution in [0.3, 0.4) is 0 Å². The number of anilines is 1. The van der Waals surface area contributed by atoms with Gasteiger partial charge in [0, 0.05) is 13.1 Å². The van der Waals surface area contributed by atoms with Crippen LogP contribution in [0.2, 0.25) is 0 Å². The summed E-state index contributed by atoms with van der Waals surface area (Å²) in [5.74, 6) is -0.671. The van der Waals surface area contributed by atoms with Crippen LogP contribution >= 0.6 is 0 Å². The third kappa shape index (κ3) is 4.45. The molecule has 3 N–H and O–H groups in total. The molecule has 2 aromatic carbocycles. The van der Waals surface area contributed by atoms with Crippen LogP contribution in [0.5, 0.6) is 0 Å². The number of benzene rings is 2. The van der Waals surface area contributed by atoms with E-state index in [1.807, 2.05) is 18.2 Å². The van der Waals surface area contributed by atoms with Crippen LogP contribution in [0, 0.1) is 5.92 Å². The summed E-state index contributed by atoms with van der Waals surface area (Å²) >= 11 is 0. The van der Waals surface area contributed by atoms with E-state index in [-0.39, 0.29) is 11.8 Å². The first-order chi connectivity index (χ1) is 12.1. The molecule has 0 aromatic heterocycles. The fourth-order valence-electron chi connectivity index (χ4n) is 3.30. The van der Waals surface area contributed by atoms with E-state index in [0.717, 1.165) is 32.5 Å². The summed E-state index contributed by atoms with van der Waals surface area (Å²) in [5, 5.41) is 2.88. The molecular weight excluding hydrogens is 314 g/mol. The van der Waals surface area contributed by atoms with Crippen molar-refractivity contribution >= 4 is 17.5 Å². The van der Waals surface area contributed by atoms with Gasteiger partial charge in [0.1, 0.15) is 0 Å². The minimum absolute atomic E-state index is 0.0496. The first kappa shape index (κ1) is 17.2. The molecule has 2 amide bonds. The highest BCUT2D eigenvalue weighted by Gasteiger charge is 2.26. The number of primary amides is 1. The largest absolute Gasteiger partial charge is 0.366 e. The van der Waals surface area contributed by atoms with E-state index in [4.69, 9.17) is 5.73 Å². The van der Waals surface area contributed by atoms with Crippen LogP contribution in [0.25, 0.3) is 0 Å². The van der Waals surface area contributed by atoms with Crippen LogP contribution in [-0.2, 0) is 11.3 Å². The first-order valence-corrected chi connectivity index (χ1v) is 8.59. The van der Waals surface area contributed by atoms with Crippen molar-refractivity contribution < 1.29 is 9.59 Å². The number of nitrogens with zero attached hydrogens (tertiary/aromatic N) is 1. The van der Waals surface area contributed by atoms with Crippen LogP contribution in [0.1, 0.15) is 28.8 Å². The fraction of sp³-hybridized carbons (Fsp3) is 0.300. The molecule has 1 atom stereocenters. The predicted molar refractivity (Wildman–Crippen MR) is 98.0 cm³/mol. The number of carbonyl (C=O) groups is 2. The summed E-state index contributed by atoms with van der Waals surface area (Å²) in [6.07, 6.45) is 1.85. The zero-order valence-electron chi connectivity index (χ0n) is 14.2. The van der Waals surface area contributed by atoms with Crippen molar-refractivity contribution in [1.29, 1.82) is 0 Å². The Kier molecular flexibility index (Phi) is 5.46. The SMILES string of the molecule is NC(=O)c1ccccc1NC(=O)C1CCCN(Cc2ccccc2)C1. The molecule has 1 aliphatic heterocycles. The highest BCUT2D eigenvalue weighted by Crippen LogP contribution is 2.22. The molecule has 130 valence electrons. The van der Waals surface area contributed by atoms with Gasteiger partial charge in [0.15, 0.2) is 0 Å². The van der Waals surface area contributed by atoms with E-state index in [2.05, 4.69) is 22.3 Å². The van der Waals surface area contributed by atoms with Crippen molar-refractivity contribution in [3.05, 3.63) is 65.7 Å². The molecular formula is C20H23N3O2. The van der Waals surface area contributed by atoms with Crippen LogP contribution in [-0.4, -0.2) is 29.8 Å². The Bertz CT molecular complexity index is 746. The van der Waals surface area contributed by atoms with E-state index in [0.29, 0.717) is 11.3 Å². The summed E-state index contributed by atoms with van der Waals surface area (Å²) in [4.78, 5) is 26.5. The van der Waals surface area contributed by atoms with Gasteiger partial charge in [-0.2, -0.15) is 0 Å². The highest BCUT2D eigenvalue weighted by atomic mass is 16.2. The van der Waals surface area contributed by atoms with E-state index in [1.54, 1.807) is 24.3 Å². The smallest absolute Gasteiger partial charge is 0.250 e. The second-order valence-corrected chi connectivity index (χ2v) is 6.46. The molecule has 0 saturated carbocycles. The maximum atomic E-state index is 12.7. The summed E-state index contributed by atoms with van der Waals surface area (Å²) < 4.78 is 0. The third-order valence-corrected chi connectivity index (χ3v) is 4.58. The number of likely N-dealkylation sites (tertiary alicyclic amines) is 1. The number of hydrogen-bond donors (Lipinski definition) is 2. The zero-order valence-corrected chi connectivity index (χ0v) is 14.2. The van der Waals surface area contributed by atoms with Crippen LogP contribution < -0.4 is 11.1 Å². The number of nitrogens with two attached hydrogens (primary N) is 1. The Morgan fingerprint density at radius 3 is 2.56 bits per heavy atom. The number of nitrogens with one attached hydrogen (secondary N) is 1. The topological polar surface area (TPSA) is 75.4 Å². The lowest BCUT2D eigenvalue weighted by Gasteiger charge is -2.32. The summed E-state index contributed by atoms with van der Waals surface area (Å²) in [6, 6.07) is 17.1. The van der Waals surface area contributed by atoms with Gasteiger partial charge >= 0.3 is 0 Å². The molecule has 1 heterocycles. The quantitative estimate of drug-likeness (QED) is 0.881. The number of amides is 2. The maximum absolute atomic E-state index is 12.7. The Morgan fingerprint density at radius 2 is 1.80 bits per heavy atom. The second kappa shape index (κ2) is 7.94. The van der Waals surface area contributed by atoms with E-state index >= 15 is 0 Å². The fourth-order valence-corrected chi connectivity index (χ4v) is 3.30. The molecule has 0 aliphatic carbocycles. The van der Waals surface area contributed by atoms with Gasteiger partial charge < -0.3 is 11.1 Å². The van der Waals surface area contributed by atoms with Crippen molar-refractivity contribution in [2.45, 2.75) is 19.4 Å². The predicted octanol–water partition coefficient (Wildman–Crippen LogP) is 2.64. The molecule has 25 heavy (non-hydrogen) atoms. The Hall–Kier alpha value is -2.66. The molecule has 3 rings (SSSR count). The van der Waals surface area contributed by atoms with E-state index < -0.39 is 5.91 Å². The van der Waals surface area contributed by atoms with Crippen molar-refractivity contribution in [2.24, 2.45) is 11.7 Å². The molecule has 5 nitrogen and oxygen atoms in total. The lowest BCUT2D eigenvalue weighted by atomic mass is 9.96. The van der Waals surface area contributed by atoms with Gasteiger partial charge in [0.2, 0.25) is 5.91 Å². The van der Waals surface area contributed by atoms with Crippen LogP contribution in [0.15, 0.2) is 54.6 Å². The molecule has 0 bridgehead atoms. The molecule has 0 spiro atoms. The Morgan fingerprint density at radius 1 is 1.08 bits per heavy atom. The Labute approximate surface area is 147 Å². The number of carbonyl (C=O) groups excluding carboxylic acids is 2. The number of rotatable bonds is 5. The molecule has 1 saturated heterocycles. The number of hydrogen-bond acceptors (Lipinski definition) is 3. The van der Waals surface area contributed by atoms with Crippen molar-refractivity contribution in [1.82, 2.24) is 4.90 Å². The second-order valence-electron chi connectivity index (χ2n) is 6.46. The van der Waals surface area contributed by atoms with Gasteiger partial charge in [-0.15, -0.1) is 0 Å². The zero-order chi connectivity index (χ0) is 17.6. The van der Waals surface area contributed by atoms with Gasteiger partial charge in [-0.25, -0.2) is 0 Å². The standard InChI is InChI=1S/C20H23N3O2/c21-19(24)17-10-4-5-11-18(17)22-20(25)16-9-6-12-23(14-16)13-15-7-2-1-3-8-15/h1-5,7-8,10-11,16H,6,9,12-14H2,(H2,21,24)(H,22,25). The summed E-state index contributed by atoms with van der Waals surface area (Å²) in [7, 11) is 0. The monoisotopic (exact) mass is 337 g/mol. The van der Waals surface area contributed by atoms with Crippen molar-refractivity contribution in [2.75, 3.05) is 18.4 Å². The summed E-state index contributed by atoms with van der Waals surface area (Å²) in [6.45, 7) is 2.57. The van der Waals surface area contributed by atoms with Gasteiger partial charge in [-0.05, 0) is 37.1 Å². The molecule has 2 aromatic rings. The van der Waals surface area contributed by atoms with Gasteiger partial charge in [0.25, 0.3) is 5.91 Å².